The maximum absolute atomic E-state index is 13.8. The number of nitrogens with zero attached hydrogens (tertiary/aromatic N) is 1. The summed E-state index contributed by atoms with van der Waals surface area (Å²) >= 11 is 0. The Balaban J connectivity index is 1.71. The molecule has 0 fully saturated rings. The Morgan fingerprint density at radius 3 is 2.38 bits per heavy atom. The molecule has 1 atom stereocenters. The molecule has 154 valence electrons. The highest BCUT2D eigenvalue weighted by Gasteiger charge is 2.34. The van der Waals surface area contributed by atoms with Crippen molar-refractivity contribution in [2.75, 3.05) is 6.54 Å². The van der Waals surface area contributed by atoms with Gasteiger partial charge in [-0.1, -0.05) is 44.2 Å². The van der Waals surface area contributed by atoms with Crippen LogP contribution in [0.3, 0.4) is 0 Å². The maximum Gasteiger partial charge on any atom is 0.243 e. The van der Waals surface area contributed by atoms with Crippen LogP contribution in [0.25, 0.3) is 0 Å². The van der Waals surface area contributed by atoms with Crippen molar-refractivity contribution < 1.29 is 18.4 Å². The van der Waals surface area contributed by atoms with Crippen molar-refractivity contribution in [3.05, 3.63) is 70.8 Å². The molecule has 0 saturated heterocycles. The van der Waals surface area contributed by atoms with Gasteiger partial charge in [-0.05, 0) is 35.6 Å². The van der Waals surface area contributed by atoms with Gasteiger partial charge in [0.15, 0.2) is 0 Å². The van der Waals surface area contributed by atoms with E-state index in [9.17, 15) is 18.4 Å². The zero-order valence-corrected chi connectivity index (χ0v) is 16.8. The molecule has 0 aliphatic carbocycles. The molecule has 3 rings (SSSR count). The molecule has 1 aliphatic heterocycles. The Morgan fingerprint density at radius 1 is 1.07 bits per heavy atom. The zero-order chi connectivity index (χ0) is 21.0. The minimum Gasteiger partial charge on any atom is -0.354 e. The van der Waals surface area contributed by atoms with E-state index in [1.165, 1.54) is 18.2 Å². The monoisotopic (exact) mass is 400 g/mol. The molecule has 2 aromatic carbocycles. The first-order chi connectivity index (χ1) is 13.9. The summed E-state index contributed by atoms with van der Waals surface area (Å²) in [5.74, 6) is -1.42. The fourth-order valence-corrected chi connectivity index (χ4v) is 3.69. The molecular weight excluding hydrogens is 374 g/mol. The first kappa shape index (κ1) is 21.0. The Kier molecular flexibility index (Phi) is 6.62. The van der Waals surface area contributed by atoms with Crippen molar-refractivity contribution in [1.82, 2.24) is 10.2 Å². The fourth-order valence-electron chi connectivity index (χ4n) is 3.69. The lowest BCUT2D eigenvalue weighted by atomic mass is 9.92. The Morgan fingerprint density at radius 2 is 1.72 bits per heavy atom. The normalized spacial score (nSPS) is 15.9. The van der Waals surface area contributed by atoms with Crippen LogP contribution in [0.15, 0.2) is 42.5 Å². The van der Waals surface area contributed by atoms with Gasteiger partial charge in [-0.2, -0.15) is 0 Å². The molecule has 2 aromatic rings. The summed E-state index contributed by atoms with van der Waals surface area (Å²) in [5.41, 5.74) is 2.04. The van der Waals surface area contributed by atoms with Crippen molar-refractivity contribution >= 4 is 11.8 Å². The van der Waals surface area contributed by atoms with Crippen LogP contribution in [0.4, 0.5) is 8.78 Å². The molecule has 1 heterocycles. The fraction of sp³-hybridized carbons (Fsp3) is 0.391. The third-order valence-electron chi connectivity index (χ3n) is 5.19. The molecular formula is C23H26F2N2O2. The van der Waals surface area contributed by atoms with Crippen molar-refractivity contribution in [2.24, 2.45) is 5.92 Å². The van der Waals surface area contributed by atoms with Gasteiger partial charge in [0.25, 0.3) is 0 Å². The molecule has 1 aliphatic rings. The smallest absolute Gasteiger partial charge is 0.243 e. The Bertz CT molecular complexity index is 878. The van der Waals surface area contributed by atoms with Crippen LogP contribution < -0.4 is 5.32 Å². The molecule has 2 amide bonds. The second kappa shape index (κ2) is 9.16. The molecule has 0 bridgehead atoms. The Labute approximate surface area is 169 Å². The van der Waals surface area contributed by atoms with Gasteiger partial charge in [-0.3, -0.25) is 9.59 Å². The molecule has 6 heteroatoms. The minimum atomic E-state index is -0.625. The number of carbonyl (C=O) groups is 2. The summed E-state index contributed by atoms with van der Waals surface area (Å²) < 4.78 is 27.6. The third-order valence-corrected chi connectivity index (χ3v) is 5.19. The number of amides is 2. The van der Waals surface area contributed by atoms with Gasteiger partial charge in [-0.15, -0.1) is 0 Å². The van der Waals surface area contributed by atoms with Gasteiger partial charge >= 0.3 is 0 Å². The molecule has 1 unspecified atom stereocenters. The SMILES string of the molecule is CC(C)CC(=O)N1Cc2ccccc2CC1C(=O)NCCc1c(F)cccc1F. The van der Waals surface area contributed by atoms with E-state index >= 15 is 0 Å². The summed E-state index contributed by atoms with van der Waals surface area (Å²) in [6.45, 7) is 4.42. The first-order valence-corrected chi connectivity index (χ1v) is 9.93. The van der Waals surface area contributed by atoms with Gasteiger partial charge in [0.05, 0.1) is 0 Å². The Hall–Kier alpha value is -2.76. The maximum atomic E-state index is 13.8. The highest BCUT2D eigenvalue weighted by atomic mass is 19.1. The van der Waals surface area contributed by atoms with Crippen molar-refractivity contribution in [3.63, 3.8) is 0 Å². The summed E-state index contributed by atoms with van der Waals surface area (Å²) in [7, 11) is 0. The van der Waals surface area contributed by atoms with E-state index in [0.29, 0.717) is 19.4 Å². The molecule has 0 radical (unpaired) electrons. The zero-order valence-electron chi connectivity index (χ0n) is 16.8. The number of rotatable bonds is 6. The second-order valence-corrected chi connectivity index (χ2v) is 7.85. The van der Waals surface area contributed by atoms with E-state index in [1.807, 2.05) is 38.1 Å². The van der Waals surface area contributed by atoms with Crippen LogP contribution >= 0.6 is 0 Å². The lowest BCUT2D eigenvalue weighted by molar-refractivity contribution is -0.142. The predicted molar refractivity (Wildman–Crippen MR) is 107 cm³/mol. The van der Waals surface area contributed by atoms with Crippen LogP contribution in [0.2, 0.25) is 0 Å². The molecule has 1 N–H and O–H groups in total. The molecule has 0 spiro atoms. The highest BCUT2D eigenvalue weighted by Crippen LogP contribution is 2.25. The van der Waals surface area contributed by atoms with E-state index in [-0.39, 0.29) is 36.3 Å². The van der Waals surface area contributed by atoms with Crippen molar-refractivity contribution in [1.29, 1.82) is 0 Å². The van der Waals surface area contributed by atoms with E-state index in [0.717, 1.165) is 11.1 Å². The van der Waals surface area contributed by atoms with Gasteiger partial charge in [-0.25, -0.2) is 8.78 Å². The standard InChI is InChI=1S/C23H26F2N2O2/c1-15(2)12-22(28)27-14-17-7-4-3-6-16(17)13-21(27)23(29)26-11-10-18-19(24)8-5-9-20(18)25/h3-9,15,21H,10-14H2,1-2H3,(H,26,29). The molecule has 4 nitrogen and oxygen atoms in total. The van der Waals surface area contributed by atoms with Crippen LogP contribution in [-0.4, -0.2) is 29.3 Å². The van der Waals surface area contributed by atoms with Crippen LogP contribution in [-0.2, 0) is 29.0 Å². The summed E-state index contributed by atoms with van der Waals surface area (Å²) in [6.07, 6.45) is 0.847. The van der Waals surface area contributed by atoms with Crippen LogP contribution in [0, 0.1) is 17.6 Å². The van der Waals surface area contributed by atoms with Gasteiger partial charge in [0.1, 0.15) is 17.7 Å². The van der Waals surface area contributed by atoms with E-state index in [2.05, 4.69) is 5.32 Å². The number of fused-ring (bicyclic) bond motifs is 1. The van der Waals surface area contributed by atoms with E-state index in [4.69, 9.17) is 0 Å². The quantitative estimate of drug-likeness (QED) is 0.805. The van der Waals surface area contributed by atoms with E-state index in [1.54, 1.807) is 4.90 Å². The predicted octanol–water partition coefficient (Wildman–Crippen LogP) is 3.62. The number of halogens is 2. The number of carbonyl (C=O) groups excluding carboxylic acids is 2. The van der Waals surface area contributed by atoms with Gasteiger partial charge in [0, 0.05) is 31.5 Å². The number of benzene rings is 2. The van der Waals surface area contributed by atoms with E-state index < -0.39 is 17.7 Å². The van der Waals surface area contributed by atoms with Crippen LogP contribution in [0.5, 0.6) is 0 Å². The first-order valence-electron chi connectivity index (χ1n) is 9.93. The number of hydrogen-bond acceptors (Lipinski definition) is 2. The molecule has 29 heavy (non-hydrogen) atoms. The summed E-state index contributed by atoms with van der Waals surface area (Å²) in [4.78, 5) is 27.3. The van der Waals surface area contributed by atoms with Crippen molar-refractivity contribution in [3.8, 4) is 0 Å². The van der Waals surface area contributed by atoms with Gasteiger partial charge < -0.3 is 10.2 Å². The average Bonchev–Trinajstić information content (AvgIpc) is 2.68. The largest absolute Gasteiger partial charge is 0.354 e. The topological polar surface area (TPSA) is 49.4 Å². The lowest BCUT2D eigenvalue weighted by Gasteiger charge is -2.36. The average molecular weight is 400 g/mol. The summed E-state index contributed by atoms with van der Waals surface area (Å²) in [5, 5.41) is 2.76. The minimum absolute atomic E-state index is 0.0467. The summed E-state index contributed by atoms with van der Waals surface area (Å²) in [6, 6.07) is 10.9. The number of nitrogens with one attached hydrogen (secondary N) is 1. The number of hydrogen-bond donors (Lipinski definition) is 1. The van der Waals surface area contributed by atoms with Crippen LogP contribution in [0.1, 0.15) is 37.0 Å². The highest BCUT2D eigenvalue weighted by molar-refractivity contribution is 5.88. The third kappa shape index (κ3) is 5.00. The second-order valence-electron chi connectivity index (χ2n) is 7.85. The van der Waals surface area contributed by atoms with Gasteiger partial charge in [0.2, 0.25) is 11.8 Å². The lowest BCUT2D eigenvalue weighted by Crippen LogP contribution is -2.53. The molecule has 0 aromatic heterocycles. The molecule has 0 saturated carbocycles. The van der Waals surface area contributed by atoms with Crippen molar-refractivity contribution in [2.45, 2.75) is 45.7 Å².